The van der Waals surface area contributed by atoms with Gasteiger partial charge in [-0.1, -0.05) is 25.4 Å². The molecule has 0 aromatic carbocycles. The predicted molar refractivity (Wildman–Crippen MR) is 76.3 cm³/mol. The van der Waals surface area contributed by atoms with Crippen LogP contribution in [0.25, 0.3) is 11.6 Å². The summed E-state index contributed by atoms with van der Waals surface area (Å²) in [4.78, 5) is 8.77. The zero-order valence-corrected chi connectivity index (χ0v) is 12.7. The Balaban J connectivity index is 2.56. The van der Waals surface area contributed by atoms with Gasteiger partial charge in [0.15, 0.2) is 11.6 Å². The van der Waals surface area contributed by atoms with Gasteiger partial charge in [0.05, 0.1) is 9.26 Å². The summed E-state index contributed by atoms with van der Waals surface area (Å²) >= 11 is 8.29. The summed E-state index contributed by atoms with van der Waals surface area (Å²) in [6.07, 6.45) is 0. The number of nitrogens with zero attached hydrogens (tertiary/aromatic N) is 2. The summed E-state index contributed by atoms with van der Waals surface area (Å²) in [5, 5.41) is 0.480. The van der Waals surface area contributed by atoms with E-state index in [0.717, 1.165) is 15.0 Å². The molecule has 0 aliphatic rings. The molecule has 3 nitrogen and oxygen atoms in total. The number of furan rings is 1. The molecule has 90 valence electrons. The Morgan fingerprint density at radius 2 is 2.00 bits per heavy atom. The standard InChI is InChI=1S/C12H12ClIN2O/c1-6(2)10-9(14)11(13)16-12(15-10)8-5-4-7(3)17-8/h4-6H,1-3H3. The summed E-state index contributed by atoms with van der Waals surface area (Å²) in [5.41, 5.74) is 0.953. The first kappa shape index (κ1) is 12.8. The van der Waals surface area contributed by atoms with Gasteiger partial charge in [-0.05, 0) is 47.6 Å². The number of aryl methyl sites for hydroxylation is 1. The molecule has 0 bridgehead atoms. The van der Waals surface area contributed by atoms with E-state index >= 15 is 0 Å². The SMILES string of the molecule is Cc1ccc(-c2nc(Cl)c(I)c(C(C)C)n2)o1. The van der Waals surface area contributed by atoms with Gasteiger partial charge < -0.3 is 4.42 Å². The fourth-order valence-electron chi connectivity index (χ4n) is 1.48. The lowest BCUT2D eigenvalue weighted by molar-refractivity contribution is 0.543. The van der Waals surface area contributed by atoms with Crippen molar-refractivity contribution in [1.29, 1.82) is 0 Å². The zero-order valence-electron chi connectivity index (χ0n) is 9.79. The summed E-state index contributed by atoms with van der Waals surface area (Å²) in [6.45, 7) is 6.05. The van der Waals surface area contributed by atoms with Gasteiger partial charge in [-0.15, -0.1) is 0 Å². The number of aromatic nitrogens is 2. The first-order chi connectivity index (χ1) is 7.99. The molecule has 17 heavy (non-hydrogen) atoms. The smallest absolute Gasteiger partial charge is 0.197 e. The maximum atomic E-state index is 6.12. The van der Waals surface area contributed by atoms with E-state index in [0.29, 0.717) is 22.7 Å². The van der Waals surface area contributed by atoms with Crippen molar-refractivity contribution < 1.29 is 4.42 Å². The predicted octanol–water partition coefficient (Wildman–Crippen LogP) is 4.43. The fourth-order valence-corrected chi connectivity index (χ4v) is 2.52. The average molecular weight is 363 g/mol. The van der Waals surface area contributed by atoms with Crippen LogP contribution in [0.1, 0.15) is 31.2 Å². The van der Waals surface area contributed by atoms with Gasteiger partial charge >= 0.3 is 0 Å². The molecule has 0 unspecified atom stereocenters. The average Bonchev–Trinajstić information content (AvgIpc) is 2.68. The normalized spacial score (nSPS) is 11.2. The largest absolute Gasteiger partial charge is 0.458 e. The number of halogens is 2. The molecule has 0 amide bonds. The molecule has 0 N–H and O–H groups in total. The summed E-state index contributed by atoms with van der Waals surface area (Å²) in [7, 11) is 0. The second kappa shape index (κ2) is 4.94. The molecule has 5 heteroatoms. The van der Waals surface area contributed by atoms with Crippen LogP contribution in [0.2, 0.25) is 5.15 Å². The van der Waals surface area contributed by atoms with Gasteiger partial charge in [-0.3, -0.25) is 0 Å². The third kappa shape index (κ3) is 2.63. The highest BCUT2D eigenvalue weighted by molar-refractivity contribution is 14.1. The Morgan fingerprint density at radius 3 is 2.53 bits per heavy atom. The van der Waals surface area contributed by atoms with Crippen molar-refractivity contribution in [3.63, 3.8) is 0 Å². The lowest BCUT2D eigenvalue weighted by Gasteiger charge is -2.09. The van der Waals surface area contributed by atoms with Crippen molar-refractivity contribution in [2.75, 3.05) is 0 Å². The first-order valence-corrected chi connectivity index (χ1v) is 6.74. The van der Waals surface area contributed by atoms with E-state index in [-0.39, 0.29) is 0 Å². The maximum Gasteiger partial charge on any atom is 0.197 e. The highest BCUT2D eigenvalue weighted by Gasteiger charge is 2.16. The number of hydrogen-bond acceptors (Lipinski definition) is 3. The molecule has 0 saturated heterocycles. The van der Waals surface area contributed by atoms with Gasteiger partial charge in [0.25, 0.3) is 0 Å². The molecule has 0 spiro atoms. The van der Waals surface area contributed by atoms with Crippen LogP contribution in [0.4, 0.5) is 0 Å². The topological polar surface area (TPSA) is 38.9 Å². The molecule has 2 aromatic rings. The third-order valence-corrected chi connectivity index (χ3v) is 4.00. The molecule has 0 fully saturated rings. The molecule has 0 radical (unpaired) electrons. The van der Waals surface area contributed by atoms with Gasteiger partial charge in [-0.2, -0.15) is 0 Å². The number of rotatable bonds is 2. The Labute approximate surface area is 119 Å². The fraction of sp³-hybridized carbons (Fsp3) is 0.333. The molecular formula is C12H12ClIN2O. The van der Waals surface area contributed by atoms with Crippen LogP contribution in [-0.4, -0.2) is 9.97 Å². The quantitative estimate of drug-likeness (QED) is 0.586. The van der Waals surface area contributed by atoms with E-state index in [2.05, 4.69) is 46.4 Å². The Morgan fingerprint density at radius 1 is 1.29 bits per heavy atom. The Kier molecular flexibility index (Phi) is 3.73. The van der Waals surface area contributed by atoms with Crippen LogP contribution in [-0.2, 0) is 0 Å². The van der Waals surface area contributed by atoms with Gasteiger partial charge in [-0.25, -0.2) is 9.97 Å². The van der Waals surface area contributed by atoms with Gasteiger partial charge in [0.2, 0.25) is 0 Å². The molecule has 0 saturated carbocycles. The third-order valence-electron chi connectivity index (χ3n) is 2.34. The van der Waals surface area contributed by atoms with E-state index in [4.69, 9.17) is 16.0 Å². The van der Waals surface area contributed by atoms with E-state index in [1.54, 1.807) is 0 Å². The second-order valence-electron chi connectivity index (χ2n) is 4.10. The minimum absolute atomic E-state index is 0.303. The van der Waals surface area contributed by atoms with E-state index in [1.807, 2.05) is 19.1 Å². The molecule has 2 aromatic heterocycles. The van der Waals surface area contributed by atoms with Crippen molar-refractivity contribution in [3.05, 3.63) is 32.3 Å². The highest BCUT2D eigenvalue weighted by atomic mass is 127. The van der Waals surface area contributed by atoms with Gasteiger partial charge in [0, 0.05) is 0 Å². The van der Waals surface area contributed by atoms with Crippen molar-refractivity contribution >= 4 is 34.2 Å². The van der Waals surface area contributed by atoms with Crippen LogP contribution in [0.3, 0.4) is 0 Å². The zero-order chi connectivity index (χ0) is 12.6. The minimum Gasteiger partial charge on any atom is -0.458 e. The summed E-state index contributed by atoms with van der Waals surface area (Å²) < 4.78 is 6.42. The van der Waals surface area contributed by atoms with Crippen molar-refractivity contribution in [2.45, 2.75) is 26.7 Å². The number of hydrogen-bond donors (Lipinski definition) is 0. The van der Waals surface area contributed by atoms with Crippen molar-refractivity contribution in [1.82, 2.24) is 9.97 Å². The van der Waals surface area contributed by atoms with Crippen LogP contribution >= 0.6 is 34.2 Å². The van der Waals surface area contributed by atoms with E-state index in [1.165, 1.54) is 0 Å². The maximum absolute atomic E-state index is 6.12. The van der Waals surface area contributed by atoms with Crippen LogP contribution in [0, 0.1) is 10.5 Å². The summed E-state index contributed by atoms with van der Waals surface area (Å²) in [5.74, 6) is 2.34. The Hall–Kier alpha value is -0.620. The Bertz CT molecular complexity index is 551. The van der Waals surface area contributed by atoms with Crippen LogP contribution < -0.4 is 0 Å². The molecule has 2 heterocycles. The van der Waals surface area contributed by atoms with Crippen molar-refractivity contribution in [3.8, 4) is 11.6 Å². The lowest BCUT2D eigenvalue weighted by atomic mass is 10.1. The molecule has 0 atom stereocenters. The minimum atomic E-state index is 0.303. The van der Waals surface area contributed by atoms with E-state index in [9.17, 15) is 0 Å². The molecule has 0 aliphatic carbocycles. The van der Waals surface area contributed by atoms with E-state index < -0.39 is 0 Å². The molecular weight excluding hydrogens is 351 g/mol. The lowest BCUT2D eigenvalue weighted by Crippen LogP contribution is -2.02. The van der Waals surface area contributed by atoms with Crippen LogP contribution in [0.5, 0.6) is 0 Å². The first-order valence-electron chi connectivity index (χ1n) is 5.28. The second-order valence-corrected chi connectivity index (χ2v) is 5.54. The van der Waals surface area contributed by atoms with Crippen molar-refractivity contribution in [2.24, 2.45) is 0 Å². The molecule has 0 aliphatic heterocycles. The summed E-state index contributed by atoms with van der Waals surface area (Å²) in [6, 6.07) is 3.75. The van der Waals surface area contributed by atoms with Crippen LogP contribution in [0.15, 0.2) is 16.5 Å². The van der Waals surface area contributed by atoms with Gasteiger partial charge in [0.1, 0.15) is 10.9 Å². The monoisotopic (exact) mass is 362 g/mol. The highest BCUT2D eigenvalue weighted by Crippen LogP contribution is 2.28. The molecule has 2 rings (SSSR count).